The zero-order valence-electron chi connectivity index (χ0n) is 28.4. The summed E-state index contributed by atoms with van der Waals surface area (Å²) in [6.07, 6.45) is 13.9. The van der Waals surface area contributed by atoms with Gasteiger partial charge in [-0.3, -0.25) is 24.6 Å². The van der Waals surface area contributed by atoms with E-state index in [0.29, 0.717) is 51.5 Å². The summed E-state index contributed by atoms with van der Waals surface area (Å²) in [6, 6.07) is 15.0. The normalized spacial score (nSPS) is 18.3. The number of nitrogens with one attached hydrogen (secondary N) is 5. The van der Waals surface area contributed by atoms with E-state index < -0.39 is 24.0 Å². The van der Waals surface area contributed by atoms with E-state index in [-0.39, 0.29) is 23.6 Å². The van der Waals surface area contributed by atoms with Gasteiger partial charge >= 0.3 is 0 Å². The molecule has 1 aliphatic heterocycles. The fourth-order valence-corrected chi connectivity index (χ4v) is 5.77. The number of carbonyl (C=O) groups is 4. The maximum atomic E-state index is 13.8. The first-order valence-corrected chi connectivity index (χ1v) is 17.5. The molecule has 0 unspecified atom stereocenters. The van der Waals surface area contributed by atoms with Crippen LogP contribution in [0.3, 0.4) is 0 Å². The molecule has 10 heteroatoms. The average molecular weight is 659 g/mol. The molecule has 48 heavy (non-hydrogen) atoms. The molecule has 0 aromatic heterocycles. The van der Waals surface area contributed by atoms with Gasteiger partial charge in [0.05, 0.1) is 11.9 Å². The minimum atomic E-state index is -0.831. The predicted molar refractivity (Wildman–Crippen MR) is 190 cm³/mol. The number of rotatable bonds is 17. The van der Waals surface area contributed by atoms with E-state index in [1.165, 1.54) is 31.8 Å². The zero-order chi connectivity index (χ0) is 34.6. The number of carbonyl (C=O) groups excluding carboxylic acids is 4. The minimum absolute atomic E-state index is 0.0788. The van der Waals surface area contributed by atoms with Crippen LogP contribution in [0.5, 0.6) is 0 Å². The van der Waals surface area contributed by atoms with Crippen LogP contribution in [0.4, 0.5) is 0 Å². The molecule has 0 saturated heterocycles. The Kier molecular flexibility index (Phi) is 16.9. The predicted octanol–water partition coefficient (Wildman–Crippen LogP) is 4.40. The van der Waals surface area contributed by atoms with Crippen LogP contribution < -0.4 is 27.0 Å². The van der Waals surface area contributed by atoms with Gasteiger partial charge in [0.2, 0.25) is 23.6 Å². The van der Waals surface area contributed by atoms with Crippen LogP contribution >= 0.6 is 0 Å². The monoisotopic (exact) mass is 658 g/mol. The molecule has 1 aliphatic rings. The van der Waals surface area contributed by atoms with Crippen molar-refractivity contribution in [2.45, 2.75) is 115 Å². The highest BCUT2D eigenvalue weighted by Crippen LogP contribution is 2.12. The van der Waals surface area contributed by atoms with Gasteiger partial charge in [0.1, 0.15) is 12.1 Å². The van der Waals surface area contributed by atoms with E-state index >= 15 is 0 Å². The Morgan fingerprint density at radius 1 is 0.917 bits per heavy atom. The molecule has 0 bridgehead atoms. The summed E-state index contributed by atoms with van der Waals surface area (Å²) in [5, 5.41) is 19.3. The van der Waals surface area contributed by atoms with Gasteiger partial charge in [0.25, 0.3) is 0 Å². The molecule has 2 aromatic rings. The van der Waals surface area contributed by atoms with Crippen LogP contribution in [0, 0.1) is 5.41 Å². The van der Waals surface area contributed by atoms with E-state index in [4.69, 9.17) is 11.1 Å². The van der Waals surface area contributed by atoms with Crippen LogP contribution in [-0.2, 0) is 38.4 Å². The van der Waals surface area contributed by atoms with E-state index in [9.17, 15) is 19.2 Å². The molecule has 10 nitrogen and oxygen atoms in total. The summed E-state index contributed by atoms with van der Waals surface area (Å²) < 4.78 is 0. The van der Waals surface area contributed by atoms with Crippen LogP contribution in [0.25, 0.3) is 0 Å². The first-order chi connectivity index (χ1) is 23.2. The van der Waals surface area contributed by atoms with E-state index in [0.717, 1.165) is 36.0 Å². The lowest BCUT2D eigenvalue weighted by atomic mass is 10.0. The lowest BCUT2D eigenvalue weighted by molar-refractivity contribution is -0.132. The van der Waals surface area contributed by atoms with Gasteiger partial charge in [-0.05, 0) is 48.8 Å². The van der Waals surface area contributed by atoms with Crippen LogP contribution in [0.15, 0.2) is 66.7 Å². The molecule has 7 N–H and O–H groups in total. The molecule has 0 spiro atoms. The maximum absolute atomic E-state index is 13.8. The number of hydrogen-bond donors (Lipinski definition) is 6. The lowest BCUT2D eigenvalue weighted by Gasteiger charge is -2.25. The quantitative estimate of drug-likeness (QED) is 0.0841. The molecular formula is C38H54N6O4. The summed E-state index contributed by atoms with van der Waals surface area (Å²) >= 11 is 0. The second-order valence-electron chi connectivity index (χ2n) is 12.7. The van der Waals surface area contributed by atoms with Crippen molar-refractivity contribution in [3.63, 3.8) is 0 Å². The molecule has 2 aromatic carbocycles. The summed E-state index contributed by atoms with van der Waals surface area (Å²) in [5.41, 5.74) is 8.28. The Bertz CT molecular complexity index is 1340. The average Bonchev–Trinajstić information content (AvgIpc) is 3.06. The van der Waals surface area contributed by atoms with Gasteiger partial charge < -0.3 is 27.0 Å². The van der Waals surface area contributed by atoms with Gasteiger partial charge in [-0.25, -0.2) is 0 Å². The molecule has 260 valence electrons. The van der Waals surface area contributed by atoms with Gasteiger partial charge in [-0.2, -0.15) is 0 Å². The van der Waals surface area contributed by atoms with Crippen molar-refractivity contribution >= 4 is 29.5 Å². The van der Waals surface area contributed by atoms with Crippen LogP contribution in [-0.4, -0.2) is 54.1 Å². The third kappa shape index (κ3) is 15.0. The third-order valence-corrected chi connectivity index (χ3v) is 8.47. The van der Waals surface area contributed by atoms with Crippen LogP contribution in [0.1, 0.15) is 94.2 Å². The van der Waals surface area contributed by atoms with Crippen molar-refractivity contribution in [1.29, 1.82) is 5.41 Å². The minimum Gasteiger partial charge on any atom is -0.387 e. The van der Waals surface area contributed by atoms with Crippen molar-refractivity contribution < 1.29 is 19.2 Å². The number of hydrogen-bond acceptors (Lipinski definition) is 5. The summed E-state index contributed by atoms with van der Waals surface area (Å²) in [4.78, 5) is 52.8. The highest BCUT2D eigenvalue weighted by Gasteiger charge is 2.28. The van der Waals surface area contributed by atoms with Crippen LogP contribution in [0.2, 0.25) is 0 Å². The smallest absolute Gasteiger partial charge is 0.243 e. The van der Waals surface area contributed by atoms with Gasteiger partial charge in [-0.15, -0.1) is 0 Å². The highest BCUT2D eigenvalue weighted by molar-refractivity contribution is 5.92. The van der Waals surface area contributed by atoms with Crippen molar-refractivity contribution in [2.24, 2.45) is 5.73 Å². The summed E-state index contributed by atoms with van der Waals surface area (Å²) in [7, 11) is 0. The molecule has 0 fully saturated rings. The fraction of sp³-hybridized carbons (Fsp3) is 0.500. The summed E-state index contributed by atoms with van der Waals surface area (Å²) in [6.45, 7) is 2.65. The lowest BCUT2D eigenvalue weighted by Crippen LogP contribution is -2.55. The van der Waals surface area contributed by atoms with Crippen molar-refractivity contribution in [3.8, 4) is 0 Å². The Balaban J connectivity index is 1.70. The van der Waals surface area contributed by atoms with E-state index in [1.54, 1.807) is 6.08 Å². The molecular weight excluding hydrogens is 604 g/mol. The third-order valence-electron chi connectivity index (χ3n) is 8.47. The number of unbranched alkanes of at least 4 members (excludes halogenated alkanes) is 6. The second kappa shape index (κ2) is 21.4. The summed E-state index contributed by atoms with van der Waals surface area (Å²) in [5.74, 6) is -1.07. The zero-order valence-corrected chi connectivity index (χ0v) is 28.4. The number of benzene rings is 2. The molecule has 3 rings (SSSR count). The van der Waals surface area contributed by atoms with Gasteiger partial charge in [0, 0.05) is 31.9 Å². The molecule has 0 radical (unpaired) electrons. The molecule has 1 heterocycles. The Morgan fingerprint density at radius 2 is 1.60 bits per heavy atom. The molecule has 0 aliphatic carbocycles. The largest absolute Gasteiger partial charge is 0.387 e. The Hall–Kier alpha value is -4.47. The van der Waals surface area contributed by atoms with Gasteiger partial charge in [0.15, 0.2) is 0 Å². The molecule has 3 atom stereocenters. The van der Waals surface area contributed by atoms with Crippen molar-refractivity contribution in [1.82, 2.24) is 21.3 Å². The SMILES string of the molecule is CCCCCCCCCC(=O)N[C@@H](Cc1ccccc1)C(=O)N[C@H]1CCCCNC(=O)/C=C/[C@H](Cc2ccc(CC(=N)N)cc2)NC1=O. The first-order valence-electron chi connectivity index (χ1n) is 17.5. The van der Waals surface area contributed by atoms with E-state index in [2.05, 4.69) is 28.2 Å². The number of amides is 4. The van der Waals surface area contributed by atoms with Gasteiger partial charge in [-0.1, -0.05) is 106 Å². The van der Waals surface area contributed by atoms with E-state index in [1.807, 2.05) is 54.6 Å². The topological polar surface area (TPSA) is 166 Å². The second-order valence-corrected chi connectivity index (χ2v) is 12.7. The highest BCUT2D eigenvalue weighted by atomic mass is 16.2. The van der Waals surface area contributed by atoms with Crippen molar-refractivity contribution in [3.05, 3.63) is 83.4 Å². The fourth-order valence-electron chi connectivity index (χ4n) is 5.77. The number of amidine groups is 1. The molecule has 0 saturated carbocycles. The first kappa shape index (κ1) is 38.0. The Labute approximate surface area is 285 Å². The molecule has 4 amide bonds. The maximum Gasteiger partial charge on any atom is 0.243 e. The Morgan fingerprint density at radius 3 is 2.31 bits per heavy atom. The number of nitrogens with two attached hydrogens (primary N) is 1. The van der Waals surface area contributed by atoms with Crippen molar-refractivity contribution in [2.75, 3.05) is 6.54 Å². The standard InChI is InChI=1S/C38H54N6O4/c1-2-3-4-5-6-7-11-17-36(46)43-33(26-28-14-9-8-10-15-28)38(48)44-32-16-12-13-24-41-35(45)23-22-31(42-37(32)47)25-29-18-20-30(21-19-29)27-34(39)40/h8-10,14-15,18-23,31-33H,2-7,11-13,16-17,24-27H2,1H3,(H3,39,40)(H,41,45)(H,42,47)(H,43,46)(H,44,48)/b23-22+/t31-,32+,33+/m1/s1.